The van der Waals surface area contributed by atoms with Gasteiger partial charge in [-0.1, -0.05) is 48.5 Å². The van der Waals surface area contributed by atoms with Crippen molar-refractivity contribution in [2.75, 3.05) is 0 Å². The summed E-state index contributed by atoms with van der Waals surface area (Å²) in [5.41, 5.74) is 9.46. The van der Waals surface area contributed by atoms with Crippen LogP contribution in [0.2, 0.25) is 0 Å². The molecule has 7 aromatic carbocycles. The summed E-state index contributed by atoms with van der Waals surface area (Å²) < 4.78 is 13.5. The van der Waals surface area contributed by atoms with Crippen molar-refractivity contribution >= 4 is 103 Å². The van der Waals surface area contributed by atoms with Crippen molar-refractivity contribution in [3.8, 4) is 17.4 Å². The summed E-state index contributed by atoms with van der Waals surface area (Å²) in [6, 6.07) is 48.6. The van der Waals surface area contributed by atoms with Gasteiger partial charge in [0.2, 0.25) is 0 Å². The van der Waals surface area contributed by atoms with Crippen molar-refractivity contribution in [2.45, 2.75) is 0 Å². The summed E-state index contributed by atoms with van der Waals surface area (Å²) in [5, 5.41) is 18.6. The van der Waals surface area contributed by atoms with Crippen molar-refractivity contribution in [3.63, 3.8) is 0 Å². The van der Waals surface area contributed by atoms with E-state index in [2.05, 4.69) is 117 Å². The van der Waals surface area contributed by atoms with Crippen LogP contribution in [0.5, 0.6) is 0 Å². The molecule has 0 aliphatic heterocycles. The Morgan fingerprint density at radius 3 is 1.82 bits per heavy atom. The first-order chi connectivity index (χ1) is 24.7. The van der Waals surface area contributed by atoms with Gasteiger partial charge in [-0.2, -0.15) is 5.26 Å². The number of thiophene rings is 1. The lowest BCUT2D eigenvalue weighted by molar-refractivity contribution is 0.669. The molecule has 230 valence electrons. The molecule has 5 nitrogen and oxygen atoms in total. The fraction of sp³-hybridized carbons (Fsp3) is 0. The van der Waals surface area contributed by atoms with Crippen LogP contribution in [0.3, 0.4) is 0 Å². The number of furan rings is 1. The number of aromatic nitrogens is 2. The van der Waals surface area contributed by atoms with Gasteiger partial charge in [-0.3, -0.25) is 0 Å². The van der Waals surface area contributed by atoms with Crippen LogP contribution in [-0.2, 0) is 0 Å². The Labute approximate surface area is 288 Å². The van der Waals surface area contributed by atoms with E-state index in [1.54, 1.807) is 11.3 Å². The lowest BCUT2D eigenvalue weighted by atomic mass is 10.1. The van der Waals surface area contributed by atoms with Gasteiger partial charge < -0.3 is 13.6 Å². The zero-order valence-electron chi connectivity index (χ0n) is 26.3. The van der Waals surface area contributed by atoms with Gasteiger partial charge in [-0.15, -0.1) is 11.3 Å². The zero-order valence-corrected chi connectivity index (χ0v) is 27.1. The molecule has 4 heterocycles. The molecule has 0 bridgehead atoms. The number of benzene rings is 7. The number of para-hydroxylation sites is 2. The van der Waals surface area contributed by atoms with E-state index < -0.39 is 0 Å². The summed E-state index contributed by atoms with van der Waals surface area (Å²) in [4.78, 5) is 3.70. The molecule has 0 radical (unpaired) electrons. The van der Waals surface area contributed by atoms with E-state index in [-0.39, 0.29) is 0 Å². The predicted octanol–water partition coefficient (Wildman–Crippen LogP) is 12.6. The fourth-order valence-electron chi connectivity index (χ4n) is 7.93. The normalized spacial score (nSPS) is 12.0. The van der Waals surface area contributed by atoms with Crippen LogP contribution < -0.4 is 0 Å². The quantitative estimate of drug-likeness (QED) is 0.174. The van der Waals surface area contributed by atoms with Gasteiger partial charge in [0, 0.05) is 58.5 Å². The maximum atomic E-state index is 9.62. The highest BCUT2D eigenvalue weighted by Gasteiger charge is 2.18. The minimum Gasteiger partial charge on any atom is -0.456 e. The molecule has 0 aliphatic carbocycles. The molecule has 6 heteroatoms. The first-order valence-corrected chi connectivity index (χ1v) is 17.2. The Kier molecular flexibility index (Phi) is 5.34. The molecule has 4 aromatic heterocycles. The molecule has 0 saturated carbocycles. The van der Waals surface area contributed by atoms with E-state index >= 15 is 0 Å². The third-order valence-corrected chi connectivity index (χ3v) is 11.3. The zero-order chi connectivity index (χ0) is 33.1. The predicted molar refractivity (Wildman–Crippen MR) is 206 cm³/mol. The van der Waals surface area contributed by atoms with Crippen LogP contribution in [0, 0.1) is 17.9 Å². The lowest BCUT2D eigenvalue weighted by Gasteiger charge is -2.09. The van der Waals surface area contributed by atoms with Gasteiger partial charge in [-0.25, -0.2) is 4.85 Å². The Morgan fingerprint density at radius 2 is 1.14 bits per heavy atom. The van der Waals surface area contributed by atoms with Gasteiger partial charge in [0.25, 0.3) is 0 Å². The van der Waals surface area contributed by atoms with Crippen LogP contribution in [0.15, 0.2) is 138 Å². The van der Waals surface area contributed by atoms with Gasteiger partial charge >= 0.3 is 0 Å². The molecule has 0 atom stereocenters. The average molecular weight is 655 g/mol. The number of hydrogen-bond donors (Lipinski definition) is 0. The third kappa shape index (κ3) is 3.63. The smallest absolute Gasteiger partial charge is 0.187 e. The molecule has 11 rings (SSSR count). The largest absolute Gasteiger partial charge is 0.456 e. The van der Waals surface area contributed by atoms with E-state index in [0.717, 1.165) is 71.5 Å². The second-order valence-electron chi connectivity index (χ2n) is 12.8. The maximum Gasteiger partial charge on any atom is 0.187 e. The molecule has 0 amide bonds. The molecule has 50 heavy (non-hydrogen) atoms. The van der Waals surface area contributed by atoms with Crippen LogP contribution in [0.1, 0.15) is 5.56 Å². The minimum absolute atomic E-state index is 0.648. The Hall–Kier alpha value is -6.86. The highest BCUT2D eigenvalue weighted by molar-refractivity contribution is 7.25. The van der Waals surface area contributed by atoms with Crippen molar-refractivity contribution in [1.82, 2.24) is 9.13 Å². The molecule has 0 aliphatic rings. The molecule has 0 unspecified atom stereocenters. The minimum atomic E-state index is 0.648. The summed E-state index contributed by atoms with van der Waals surface area (Å²) in [6.45, 7) is 7.59. The van der Waals surface area contributed by atoms with Gasteiger partial charge in [0.1, 0.15) is 11.2 Å². The van der Waals surface area contributed by atoms with Gasteiger partial charge in [-0.05, 0) is 90.3 Å². The lowest BCUT2D eigenvalue weighted by Crippen LogP contribution is -1.94. The average Bonchev–Trinajstić information content (AvgIpc) is 3.90. The van der Waals surface area contributed by atoms with E-state index in [9.17, 15) is 5.26 Å². The Balaban J connectivity index is 1.17. The molecule has 0 spiro atoms. The van der Waals surface area contributed by atoms with E-state index in [0.29, 0.717) is 11.3 Å². The fourth-order valence-corrected chi connectivity index (χ4v) is 9.03. The summed E-state index contributed by atoms with van der Waals surface area (Å²) in [5.74, 6) is 0. The Morgan fingerprint density at radius 1 is 0.520 bits per heavy atom. The number of hydrogen-bond acceptors (Lipinski definition) is 3. The molecular formula is C44H22N4OS. The van der Waals surface area contributed by atoms with Crippen molar-refractivity contribution < 1.29 is 4.42 Å². The number of nitriles is 1. The number of nitrogens with zero attached hydrogens (tertiary/aromatic N) is 4. The maximum absolute atomic E-state index is 9.62. The van der Waals surface area contributed by atoms with Crippen LogP contribution in [0.4, 0.5) is 5.69 Å². The first kappa shape index (κ1) is 27.1. The molecule has 0 fully saturated rings. The van der Waals surface area contributed by atoms with Crippen molar-refractivity contribution in [3.05, 3.63) is 150 Å². The molecular weight excluding hydrogens is 633 g/mol. The monoisotopic (exact) mass is 654 g/mol. The highest BCUT2D eigenvalue weighted by atomic mass is 32.1. The second-order valence-corrected chi connectivity index (χ2v) is 13.9. The van der Waals surface area contributed by atoms with Gasteiger partial charge in [0.15, 0.2) is 5.69 Å². The van der Waals surface area contributed by atoms with Gasteiger partial charge in [0.05, 0.1) is 40.3 Å². The van der Waals surface area contributed by atoms with Crippen molar-refractivity contribution in [1.29, 1.82) is 5.26 Å². The van der Waals surface area contributed by atoms with Crippen LogP contribution in [0.25, 0.3) is 102 Å². The summed E-state index contributed by atoms with van der Waals surface area (Å²) >= 11 is 1.78. The van der Waals surface area contributed by atoms with E-state index in [1.165, 1.54) is 25.6 Å². The number of fused-ring (bicyclic) bond motifs is 12. The molecule has 11 aromatic rings. The van der Waals surface area contributed by atoms with E-state index in [1.807, 2.05) is 36.4 Å². The molecule has 0 N–H and O–H groups in total. The van der Waals surface area contributed by atoms with E-state index in [4.69, 9.17) is 11.0 Å². The SMILES string of the molecule is [C-]#[N+]c1ccc2sc3cc4c5ccccc5n(-c5ccc6oc7ccc(-n8c9ccccc9c9cc(C#N)ccc98)cc7c6c5)c4cc3c2c1. The summed E-state index contributed by atoms with van der Waals surface area (Å²) in [6.07, 6.45) is 0. The summed E-state index contributed by atoms with van der Waals surface area (Å²) in [7, 11) is 0. The van der Waals surface area contributed by atoms with Crippen LogP contribution >= 0.6 is 11.3 Å². The second kappa shape index (κ2) is 9.84. The van der Waals surface area contributed by atoms with Crippen LogP contribution in [-0.4, -0.2) is 9.13 Å². The first-order valence-electron chi connectivity index (χ1n) is 16.3. The standard InChI is InChI=1S/C44H22N4OS/c1-46-26-11-17-43-35(19-26)36-22-40-32(23-44(36)50-43)30-7-3-5-9-38(30)48(40)28-13-16-42-34(21-28)33-20-27(12-15-41(33)49-42)47-37-8-4-2-6-29(37)31-18-25(24-45)10-14-39(31)47/h2-23H. The number of rotatable bonds is 2. The molecule has 0 saturated heterocycles. The highest BCUT2D eigenvalue weighted by Crippen LogP contribution is 2.43. The Bertz CT molecular complexity index is 3360. The third-order valence-electron chi connectivity index (χ3n) is 10.1. The topological polar surface area (TPSA) is 51.1 Å². The van der Waals surface area contributed by atoms with Crippen molar-refractivity contribution in [2.24, 2.45) is 0 Å².